The molecule has 0 atom stereocenters. The molecule has 0 bridgehead atoms. The van der Waals surface area contributed by atoms with Gasteiger partial charge in [0.15, 0.2) is 0 Å². The Labute approximate surface area is 154 Å². The predicted molar refractivity (Wildman–Crippen MR) is 95.9 cm³/mol. The number of halogens is 3. The zero-order chi connectivity index (χ0) is 19.9. The molecule has 7 heteroatoms. The molecule has 0 aliphatic carbocycles. The van der Waals surface area contributed by atoms with Crippen LogP contribution in [0.4, 0.5) is 18.9 Å². The third kappa shape index (κ3) is 5.89. The van der Waals surface area contributed by atoms with Gasteiger partial charge in [-0.15, -0.1) is 0 Å². The maximum Gasteiger partial charge on any atom is 0.416 e. The number of carbonyl (C=O) groups excluding carboxylic acids is 1. The highest BCUT2D eigenvalue weighted by Crippen LogP contribution is 2.30. The number of nitrogens with one attached hydrogen (secondary N) is 1. The lowest BCUT2D eigenvalue weighted by molar-refractivity contribution is -0.137. The summed E-state index contributed by atoms with van der Waals surface area (Å²) in [6.07, 6.45) is -2.29. The Balaban J connectivity index is 2.14. The van der Waals surface area contributed by atoms with Crippen LogP contribution in [-0.4, -0.2) is 12.5 Å². The lowest BCUT2D eigenvalue weighted by Gasteiger charge is -2.09. The molecule has 0 saturated heterocycles. The Kier molecular flexibility index (Phi) is 6.61. The highest BCUT2D eigenvalue weighted by molar-refractivity contribution is 6.09. The molecule has 0 radical (unpaired) electrons. The van der Waals surface area contributed by atoms with Crippen molar-refractivity contribution in [3.05, 3.63) is 65.2 Å². The van der Waals surface area contributed by atoms with Crippen LogP contribution >= 0.6 is 0 Å². The maximum absolute atomic E-state index is 12.7. The number of hydrogen-bond donors (Lipinski definition) is 1. The second-order valence-electron chi connectivity index (χ2n) is 5.62. The molecule has 2 aromatic carbocycles. The number of benzene rings is 2. The fraction of sp³-hybridized carbons (Fsp3) is 0.200. The first-order chi connectivity index (χ1) is 12.8. The van der Waals surface area contributed by atoms with Crippen molar-refractivity contribution in [3.8, 4) is 11.8 Å². The van der Waals surface area contributed by atoms with Gasteiger partial charge in [0.1, 0.15) is 17.4 Å². The highest BCUT2D eigenvalue weighted by Gasteiger charge is 2.30. The number of carbonyl (C=O) groups is 1. The summed E-state index contributed by atoms with van der Waals surface area (Å²) in [5, 5.41) is 11.5. The van der Waals surface area contributed by atoms with E-state index in [1.54, 1.807) is 30.3 Å². The standard InChI is InChI=1S/C20H17F3N2O2/c1-2-10-27-18-8-6-14(7-9-18)11-15(13-24)19(26)25-17-5-3-4-16(12-17)20(21,22)23/h3-9,11-12H,2,10H2,1H3,(H,25,26)/b15-11+. The Morgan fingerprint density at radius 3 is 2.52 bits per heavy atom. The van der Waals surface area contributed by atoms with Crippen molar-refractivity contribution in [1.29, 1.82) is 5.26 Å². The lowest BCUT2D eigenvalue weighted by Crippen LogP contribution is -2.14. The first kappa shape index (κ1) is 20.0. The number of nitriles is 1. The van der Waals surface area contributed by atoms with Crippen LogP contribution in [0.5, 0.6) is 5.75 Å². The summed E-state index contributed by atoms with van der Waals surface area (Å²) >= 11 is 0. The van der Waals surface area contributed by atoms with Gasteiger partial charge in [0, 0.05) is 5.69 Å². The number of alkyl halides is 3. The summed E-state index contributed by atoms with van der Waals surface area (Å²) in [7, 11) is 0. The van der Waals surface area contributed by atoms with E-state index in [1.807, 2.05) is 6.92 Å². The van der Waals surface area contributed by atoms with Crippen LogP contribution in [0.1, 0.15) is 24.5 Å². The minimum Gasteiger partial charge on any atom is -0.494 e. The predicted octanol–water partition coefficient (Wildman–Crippen LogP) is 5.04. The van der Waals surface area contributed by atoms with E-state index in [0.717, 1.165) is 18.6 Å². The molecule has 0 heterocycles. The maximum atomic E-state index is 12.7. The van der Waals surface area contributed by atoms with E-state index in [-0.39, 0.29) is 11.3 Å². The highest BCUT2D eigenvalue weighted by atomic mass is 19.4. The normalized spacial score (nSPS) is 11.6. The Morgan fingerprint density at radius 2 is 1.93 bits per heavy atom. The zero-order valence-corrected chi connectivity index (χ0v) is 14.5. The molecule has 0 fully saturated rings. The number of hydrogen-bond acceptors (Lipinski definition) is 3. The summed E-state index contributed by atoms with van der Waals surface area (Å²) in [6, 6.07) is 12.8. The van der Waals surface area contributed by atoms with Crippen molar-refractivity contribution >= 4 is 17.7 Å². The van der Waals surface area contributed by atoms with Crippen molar-refractivity contribution in [3.63, 3.8) is 0 Å². The fourth-order valence-corrected chi connectivity index (χ4v) is 2.17. The van der Waals surface area contributed by atoms with E-state index in [2.05, 4.69) is 5.32 Å². The van der Waals surface area contributed by atoms with Crippen molar-refractivity contribution in [2.45, 2.75) is 19.5 Å². The van der Waals surface area contributed by atoms with Gasteiger partial charge in [0.25, 0.3) is 5.91 Å². The molecule has 1 amide bonds. The topological polar surface area (TPSA) is 62.1 Å². The van der Waals surface area contributed by atoms with Gasteiger partial charge in [0.05, 0.1) is 12.2 Å². The lowest BCUT2D eigenvalue weighted by atomic mass is 10.1. The van der Waals surface area contributed by atoms with E-state index in [0.29, 0.717) is 17.9 Å². The smallest absolute Gasteiger partial charge is 0.416 e. The molecular formula is C20H17F3N2O2. The molecule has 140 valence electrons. The Morgan fingerprint density at radius 1 is 1.22 bits per heavy atom. The van der Waals surface area contributed by atoms with Crippen LogP contribution in [0.15, 0.2) is 54.1 Å². The van der Waals surface area contributed by atoms with Gasteiger partial charge in [-0.3, -0.25) is 4.79 Å². The van der Waals surface area contributed by atoms with Gasteiger partial charge in [-0.1, -0.05) is 25.1 Å². The van der Waals surface area contributed by atoms with Gasteiger partial charge in [0.2, 0.25) is 0 Å². The number of rotatable bonds is 6. The van der Waals surface area contributed by atoms with Gasteiger partial charge >= 0.3 is 6.18 Å². The van der Waals surface area contributed by atoms with E-state index >= 15 is 0 Å². The van der Waals surface area contributed by atoms with E-state index < -0.39 is 17.6 Å². The summed E-state index contributed by atoms with van der Waals surface area (Å²) in [5.74, 6) is -0.121. The van der Waals surface area contributed by atoms with Crippen LogP contribution < -0.4 is 10.1 Å². The largest absolute Gasteiger partial charge is 0.494 e. The average molecular weight is 374 g/mol. The SMILES string of the molecule is CCCOc1ccc(/C=C(\C#N)C(=O)Nc2cccc(C(F)(F)F)c2)cc1. The minimum atomic E-state index is -4.52. The molecule has 2 rings (SSSR count). The Bertz CT molecular complexity index is 866. The molecule has 27 heavy (non-hydrogen) atoms. The van der Waals surface area contributed by atoms with Crippen molar-refractivity contribution < 1.29 is 22.7 Å². The first-order valence-electron chi connectivity index (χ1n) is 8.16. The number of ether oxygens (including phenoxy) is 1. The molecule has 0 saturated carbocycles. The van der Waals surface area contributed by atoms with Crippen LogP contribution in [0.2, 0.25) is 0 Å². The molecule has 0 unspecified atom stereocenters. The molecule has 0 aliphatic heterocycles. The van der Waals surface area contributed by atoms with Crippen molar-refractivity contribution in [2.24, 2.45) is 0 Å². The van der Waals surface area contributed by atoms with Crippen molar-refractivity contribution in [2.75, 3.05) is 11.9 Å². The van der Waals surface area contributed by atoms with Crippen LogP contribution in [0.25, 0.3) is 6.08 Å². The van der Waals surface area contributed by atoms with Gasteiger partial charge in [-0.05, 0) is 48.4 Å². The molecule has 0 aromatic heterocycles. The van der Waals surface area contributed by atoms with Gasteiger partial charge < -0.3 is 10.1 Å². The Hall–Kier alpha value is -3.27. The molecule has 0 spiro atoms. The van der Waals surface area contributed by atoms with E-state index in [4.69, 9.17) is 4.74 Å². The molecule has 4 nitrogen and oxygen atoms in total. The zero-order valence-electron chi connectivity index (χ0n) is 14.5. The first-order valence-corrected chi connectivity index (χ1v) is 8.16. The average Bonchev–Trinajstić information content (AvgIpc) is 2.64. The summed E-state index contributed by atoms with van der Waals surface area (Å²) in [6.45, 7) is 2.57. The molecule has 2 aromatic rings. The van der Waals surface area contributed by atoms with Gasteiger partial charge in [-0.25, -0.2) is 0 Å². The molecule has 1 N–H and O–H groups in total. The van der Waals surface area contributed by atoms with Crippen LogP contribution in [0, 0.1) is 11.3 Å². The summed E-state index contributed by atoms with van der Waals surface area (Å²) < 4.78 is 43.7. The summed E-state index contributed by atoms with van der Waals surface area (Å²) in [4.78, 5) is 12.2. The van der Waals surface area contributed by atoms with Gasteiger partial charge in [-0.2, -0.15) is 18.4 Å². The monoisotopic (exact) mass is 374 g/mol. The third-order valence-corrected chi connectivity index (χ3v) is 3.48. The van der Waals surface area contributed by atoms with E-state index in [1.165, 1.54) is 18.2 Å². The number of nitrogens with zero attached hydrogens (tertiary/aromatic N) is 1. The second-order valence-corrected chi connectivity index (χ2v) is 5.62. The van der Waals surface area contributed by atoms with Crippen molar-refractivity contribution in [1.82, 2.24) is 0 Å². The van der Waals surface area contributed by atoms with E-state index in [9.17, 15) is 23.2 Å². The minimum absolute atomic E-state index is 0.0423. The third-order valence-electron chi connectivity index (χ3n) is 3.48. The quantitative estimate of drug-likeness (QED) is 0.569. The molecule has 0 aliphatic rings. The fourth-order valence-electron chi connectivity index (χ4n) is 2.17. The summed E-state index contributed by atoms with van der Waals surface area (Å²) in [5.41, 5.74) is -0.561. The van der Waals surface area contributed by atoms with Crippen LogP contribution in [-0.2, 0) is 11.0 Å². The number of amides is 1. The second kappa shape index (κ2) is 8.90. The number of anilines is 1. The van der Waals surface area contributed by atoms with Crippen LogP contribution in [0.3, 0.4) is 0 Å². The molecular weight excluding hydrogens is 357 g/mol.